The molecule has 0 heterocycles. The van der Waals surface area contributed by atoms with E-state index in [2.05, 4.69) is 41.5 Å². The summed E-state index contributed by atoms with van der Waals surface area (Å²) in [6.45, 7) is 9.49. The molecule has 0 aromatic heterocycles. The third-order valence-electron chi connectivity index (χ3n) is 16.2. The second-order valence-electron chi connectivity index (χ2n) is 26.2. The van der Waals surface area contributed by atoms with Crippen LogP contribution in [0.25, 0.3) is 0 Å². The van der Waals surface area contributed by atoms with E-state index in [-0.39, 0.29) is 25.7 Å². The molecule has 19 heteroatoms. The van der Waals surface area contributed by atoms with Crippen LogP contribution in [0.1, 0.15) is 356 Å². The fourth-order valence-corrected chi connectivity index (χ4v) is 12.2. The van der Waals surface area contributed by atoms with Crippen molar-refractivity contribution in [2.45, 2.75) is 374 Å². The molecule has 2 unspecified atom stereocenters. The lowest BCUT2D eigenvalue weighted by Crippen LogP contribution is -2.30. The first-order valence-electron chi connectivity index (χ1n) is 36.5. The number of ether oxygens (including phenoxy) is 4. The molecule has 0 aromatic carbocycles. The summed E-state index contributed by atoms with van der Waals surface area (Å²) in [5, 5.41) is 10.6. The highest BCUT2D eigenvalue weighted by Crippen LogP contribution is 2.45. The van der Waals surface area contributed by atoms with E-state index in [4.69, 9.17) is 37.0 Å². The molecule has 0 aromatic rings. The van der Waals surface area contributed by atoms with Crippen LogP contribution in [0.4, 0.5) is 0 Å². The Balaban J connectivity index is 5.21. The van der Waals surface area contributed by atoms with Crippen LogP contribution in [-0.2, 0) is 65.4 Å². The number of hydrogen-bond acceptors (Lipinski definition) is 15. The van der Waals surface area contributed by atoms with E-state index >= 15 is 0 Å². The Labute approximate surface area is 543 Å². The van der Waals surface area contributed by atoms with Gasteiger partial charge in [0.2, 0.25) is 0 Å². The maximum Gasteiger partial charge on any atom is 0.472 e. The van der Waals surface area contributed by atoms with Gasteiger partial charge in [-0.3, -0.25) is 37.3 Å². The second kappa shape index (κ2) is 62.2. The van der Waals surface area contributed by atoms with E-state index in [1.807, 2.05) is 0 Å². The number of unbranched alkanes of at least 4 members (excludes halogenated alkanes) is 39. The molecule has 0 aliphatic carbocycles. The third-order valence-corrected chi connectivity index (χ3v) is 18.1. The van der Waals surface area contributed by atoms with Gasteiger partial charge in [0.15, 0.2) is 12.2 Å². The molecule has 528 valence electrons. The van der Waals surface area contributed by atoms with Crippen LogP contribution in [0.15, 0.2) is 0 Å². The Morgan fingerprint density at radius 3 is 0.764 bits per heavy atom. The van der Waals surface area contributed by atoms with Crippen molar-refractivity contribution in [1.29, 1.82) is 0 Å². The van der Waals surface area contributed by atoms with Gasteiger partial charge in [0.1, 0.15) is 19.3 Å². The first-order valence-corrected chi connectivity index (χ1v) is 39.5. The zero-order valence-corrected chi connectivity index (χ0v) is 59.5. The van der Waals surface area contributed by atoms with E-state index < -0.39 is 97.5 Å². The predicted molar refractivity (Wildman–Crippen MR) is 358 cm³/mol. The van der Waals surface area contributed by atoms with E-state index in [9.17, 15) is 43.2 Å². The molecule has 0 aliphatic rings. The normalized spacial score (nSPS) is 14.1. The van der Waals surface area contributed by atoms with Crippen LogP contribution in [0.2, 0.25) is 0 Å². The number of rotatable bonds is 69. The van der Waals surface area contributed by atoms with Crippen LogP contribution in [0.3, 0.4) is 0 Å². The number of hydrogen-bond donors (Lipinski definition) is 3. The van der Waals surface area contributed by atoms with Gasteiger partial charge in [0.25, 0.3) is 0 Å². The molecule has 3 N–H and O–H groups in total. The van der Waals surface area contributed by atoms with Crippen molar-refractivity contribution in [2.75, 3.05) is 39.6 Å². The molecule has 0 saturated carbocycles. The van der Waals surface area contributed by atoms with E-state index in [1.165, 1.54) is 161 Å². The van der Waals surface area contributed by atoms with Gasteiger partial charge in [0.05, 0.1) is 26.4 Å². The zero-order chi connectivity index (χ0) is 65.7. The van der Waals surface area contributed by atoms with Gasteiger partial charge in [-0.1, -0.05) is 305 Å². The SMILES string of the molecule is CCCCCCCCCCCCCCCCCC(=O)OC[C@H](COP(=O)(O)OC[C@@H](O)COP(=O)(O)OC[C@@H](COC(=O)CCCCCCCCC)OC(=O)CCCCCCCCCCC(C)C)OC(=O)CCCCCCCCCCCCCCCC(C)C. The minimum atomic E-state index is -4.95. The van der Waals surface area contributed by atoms with Crippen molar-refractivity contribution in [3.05, 3.63) is 0 Å². The fourth-order valence-electron chi connectivity index (χ4n) is 10.6. The average Bonchev–Trinajstić information content (AvgIpc) is 3.68. The van der Waals surface area contributed by atoms with Crippen LogP contribution < -0.4 is 0 Å². The molecule has 0 bridgehead atoms. The first-order chi connectivity index (χ1) is 42.9. The molecule has 5 atom stereocenters. The minimum absolute atomic E-state index is 0.104. The zero-order valence-electron chi connectivity index (χ0n) is 57.7. The topological polar surface area (TPSA) is 237 Å². The Hall–Kier alpha value is -1.94. The van der Waals surface area contributed by atoms with Crippen molar-refractivity contribution in [3.63, 3.8) is 0 Å². The Morgan fingerprint density at radius 2 is 0.517 bits per heavy atom. The summed E-state index contributed by atoms with van der Waals surface area (Å²) in [5.74, 6) is -0.624. The summed E-state index contributed by atoms with van der Waals surface area (Å²) in [7, 11) is -9.89. The summed E-state index contributed by atoms with van der Waals surface area (Å²) in [5.41, 5.74) is 0. The third kappa shape index (κ3) is 64.6. The quantitative estimate of drug-likeness (QED) is 0.0222. The summed E-state index contributed by atoms with van der Waals surface area (Å²) in [4.78, 5) is 72.4. The highest BCUT2D eigenvalue weighted by Gasteiger charge is 2.30. The number of carbonyl (C=O) groups excluding carboxylic acids is 4. The smallest absolute Gasteiger partial charge is 0.462 e. The standard InChI is InChI=1S/C70H136O17P2/c1-7-9-11-13-15-16-17-18-19-22-25-28-35-41-47-53-68(73)81-59-66(86-69(74)54-48-42-36-29-26-23-20-21-24-27-33-38-44-50-62(3)4)61-85-89(78,79)83-57-64(71)56-82-88(76,77)84-60-65(58-80-67(72)52-46-40-32-14-12-10-8-2)87-70(75)55-49-43-37-31-30-34-39-45-51-63(5)6/h62-66,71H,7-61H2,1-6H3,(H,76,77)(H,78,79)/t64-,65+,66+/m0/s1. The minimum Gasteiger partial charge on any atom is -0.462 e. The molecule has 0 fully saturated rings. The van der Waals surface area contributed by atoms with Gasteiger partial charge >= 0.3 is 39.5 Å². The van der Waals surface area contributed by atoms with Gasteiger partial charge in [-0.25, -0.2) is 9.13 Å². The molecule has 0 saturated heterocycles. The lowest BCUT2D eigenvalue weighted by atomic mass is 10.0. The van der Waals surface area contributed by atoms with E-state index in [0.717, 1.165) is 115 Å². The number of esters is 4. The van der Waals surface area contributed by atoms with E-state index in [0.29, 0.717) is 25.7 Å². The first kappa shape index (κ1) is 87.1. The van der Waals surface area contributed by atoms with Gasteiger partial charge in [-0.15, -0.1) is 0 Å². The average molecular weight is 1310 g/mol. The van der Waals surface area contributed by atoms with Crippen molar-refractivity contribution in [2.24, 2.45) is 11.8 Å². The number of aliphatic hydroxyl groups excluding tert-OH is 1. The Kier molecular flexibility index (Phi) is 60.8. The van der Waals surface area contributed by atoms with Crippen molar-refractivity contribution in [1.82, 2.24) is 0 Å². The number of phosphoric acid groups is 2. The number of phosphoric ester groups is 2. The highest BCUT2D eigenvalue weighted by molar-refractivity contribution is 7.47. The molecule has 0 amide bonds. The lowest BCUT2D eigenvalue weighted by Gasteiger charge is -2.21. The molecular weight excluding hydrogens is 1170 g/mol. The second-order valence-corrected chi connectivity index (χ2v) is 29.1. The summed E-state index contributed by atoms with van der Waals surface area (Å²) in [6, 6.07) is 0. The Bertz CT molecular complexity index is 1730. The predicted octanol–water partition coefficient (Wildman–Crippen LogP) is 20.0. The molecule has 89 heavy (non-hydrogen) atoms. The van der Waals surface area contributed by atoms with Gasteiger partial charge in [-0.2, -0.15) is 0 Å². The Morgan fingerprint density at radius 1 is 0.303 bits per heavy atom. The molecule has 0 aliphatic heterocycles. The van der Waals surface area contributed by atoms with Crippen molar-refractivity contribution >= 4 is 39.5 Å². The summed E-state index contributed by atoms with van der Waals surface area (Å²) >= 11 is 0. The molecular formula is C70H136O17P2. The van der Waals surface area contributed by atoms with Crippen LogP contribution in [0, 0.1) is 11.8 Å². The largest absolute Gasteiger partial charge is 0.472 e. The lowest BCUT2D eigenvalue weighted by molar-refractivity contribution is -0.161. The van der Waals surface area contributed by atoms with Crippen LogP contribution in [-0.4, -0.2) is 96.7 Å². The van der Waals surface area contributed by atoms with Gasteiger partial charge < -0.3 is 33.8 Å². The summed E-state index contributed by atoms with van der Waals surface area (Å²) in [6.07, 6.45) is 47.3. The molecule has 0 radical (unpaired) electrons. The maximum absolute atomic E-state index is 13.0. The fraction of sp³-hybridized carbons (Fsp3) is 0.943. The monoisotopic (exact) mass is 1310 g/mol. The molecule has 0 rings (SSSR count). The van der Waals surface area contributed by atoms with Crippen LogP contribution >= 0.6 is 15.6 Å². The number of aliphatic hydroxyl groups is 1. The highest BCUT2D eigenvalue weighted by atomic mass is 31.2. The molecule has 17 nitrogen and oxygen atoms in total. The van der Waals surface area contributed by atoms with Crippen molar-refractivity contribution in [3.8, 4) is 0 Å². The maximum atomic E-state index is 13.0. The van der Waals surface area contributed by atoms with Crippen molar-refractivity contribution < 1.29 is 80.2 Å². The molecule has 0 spiro atoms. The van der Waals surface area contributed by atoms with Gasteiger partial charge in [0, 0.05) is 25.7 Å². The van der Waals surface area contributed by atoms with E-state index in [1.54, 1.807) is 0 Å². The summed E-state index contributed by atoms with van der Waals surface area (Å²) < 4.78 is 68.2. The van der Waals surface area contributed by atoms with Crippen LogP contribution in [0.5, 0.6) is 0 Å². The van der Waals surface area contributed by atoms with Gasteiger partial charge in [-0.05, 0) is 37.5 Å². The number of carbonyl (C=O) groups is 4.